The fraction of sp³-hybridized carbons (Fsp3) is 0.350. The summed E-state index contributed by atoms with van der Waals surface area (Å²) in [6.45, 7) is 1.92. The quantitative estimate of drug-likeness (QED) is 0.399. The molecule has 2 aromatic heterocycles. The minimum atomic E-state index is 0.152. The molecule has 1 aliphatic carbocycles. The van der Waals surface area contributed by atoms with E-state index in [0.717, 1.165) is 33.7 Å². The number of thiocarbonyl (C=S) groups is 1. The van der Waals surface area contributed by atoms with Crippen molar-refractivity contribution >= 4 is 34.1 Å². The van der Waals surface area contributed by atoms with Gasteiger partial charge in [-0.25, -0.2) is 4.98 Å². The van der Waals surface area contributed by atoms with Gasteiger partial charge >= 0.3 is 0 Å². The molecule has 0 radical (unpaired) electrons. The van der Waals surface area contributed by atoms with Crippen molar-refractivity contribution in [3.63, 3.8) is 0 Å². The van der Waals surface area contributed by atoms with Gasteiger partial charge in [0.2, 0.25) is 0 Å². The number of aromatic nitrogens is 2. The molecule has 1 fully saturated rings. The lowest BCUT2D eigenvalue weighted by atomic mass is 9.95. The third-order valence-electron chi connectivity index (χ3n) is 5.16. The van der Waals surface area contributed by atoms with Crippen molar-refractivity contribution in [3.05, 3.63) is 42.4 Å². The van der Waals surface area contributed by atoms with Crippen LogP contribution in [-0.4, -0.2) is 20.4 Å². The van der Waals surface area contributed by atoms with E-state index in [-0.39, 0.29) is 5.11 Å². The van der Waals surface area contributed by atoms with Crippen LogP contribution in [0.3, 0.4) is 0 Å². The third-order valence-corrected chi connectivity index (χ3v) is 5.25. The highest BCUT2D eigenvalue weighted by atomic mass is 32.1. The molecule has 3 aromatic rings. The Labute approximate surface area is 163 Å². The van der Waals surface area contributed by atoms with Crippen LogP contribution in [-0.2, 0) is 0 Å². The highest BCUT2D eigenvalue weighted by molar-refractivity contribution is 7.80. The van der Waals surface area contributed by atoms with Gasteiger partial charge in [0, 0.05) is 6.04 Å². The van der Waals surface area contributed by atoms with E-state index in [0.29, 0.717) is 6.04 Å². The van der Waals surface area contributed by atoms with E-state index in [2.05, 4.69) is 33.3 Å². The summed E-state index contributed by atoms with van der Waals surface area (Å²) in [6.07, 6.45) is 9.70. The lowest BCUT2D eigenvalue weighted by Gasteiger charge is -2.25. The number of imidazole rings is 1. The van der Waals surface area contributed by atoms with Gasteiger partial charge in [0.15, 0.2) is 5.11 Å². The molecule has 0 saturated heterocycles. The SMILES string of the molecule is C/C(=N/NC(N)=S)c1ccc2c(c1)nc(-c1ccoc1)n2C1CCCCC1. The molecule has 0 spiro atoms. The molecule has 4 rings (SSSR count). The van der Waals surface area contributed by atoms with Gasteiger partial charge in [-0.15, -0.1) is 0 Å². The zero-order valence-corrected chi connectivity index (χ0v) is 16.1. The predicted octanol–water partition coefficient (Wildman–Crippen LogP) is 4.36. The molecular weight excluding hydrogens is 358 g/mol. The van der Waals surface area contributed by atoms with Crippen LogP contribution in [0.1, 0.15) is 50.6 Å². The van der Waals surface area contributed by atoms with Crippen LogP contribution in [0.4, 0.5) is 0 Å². The molecule has 2 heterocycles. The Morgan fingerprint density at radius 1 is 1.30 bits per heavy atom. The van der Waals surface area contributed by atoms with Crippen molar-refractivity contribution in [1.82, 2.24) is 15.0 Å². The number of nitrogens with one attached hydrogen (secondary N) is 1. The van der Waals surface area contributed by atoms with Gasteiger partial charge in [-0.1, -0.05) is 25.3 Å². The monoisotopic (exact) mass is 381 g/mol. The van der Waals surface area contributed by atoms with E-state index >= 15 is 0 Å². The van der Waals surface area contributed by atoms with E-state index in [1.165, 1.54) is 32.1 Å². The zero-order chi connectivity index (χ0) is 18.8. The van der Waals surface area contributed by atoms with Crippen molar-refractivity contribution in [2.75, 3.05) is 0 Å². The Kier molecular flexibility index (Phi) is 4.94. The molecule has 0 atom stereocenters. The van der Waals surface area contributed by atoms with E-state index in [9.17, 15) is 0 Å². The largest absolute Gasteiger partial charge is 0.472 e. The van der Waals surface area contributed by atoms with Gasteiger partial charge in [0.05, 0.1) is 28.6 Å². The highest BCUT2D eigenvalue weighted by Gasteiger charge is 2.23. The average molecular weight is 382 g/mol. The molecule has 0 unspecified atom stereocenters. The van der Waals surface area contributed by atoms with Gasteiger partial charge in [0.1, 0.15) is 12.1 Å². The standard InChI is InChI=1S/C20H23N5OS/c1-13(23-24-20(21)27)14-7-8-18-17(11-14)22-19(15-9-10-26-12-15)25(18)16-5-3-2-4-6-16/h7-12,16H,2-6H2,1H3,(H3,21,24,27)/b23-13-. The Morgan fingerprint density at radius 2 is 2.11 bits per heavy atom. The molecule has 6 nitrogen and oxygen atoms in total. The molecule has 1 saturated carbocycles. The lowest BCUT2D eigenvalue weighted by molar-refractivity contribution is 0.362. The maximum Gasteiger partial charge on any atom is 0.184 e. The van der Waals surface area contributed by atoms with E-state index in [1.54, 1.807) is 12.5 Å². The van der Waals surface area contributed by atoms with Gasteiger partial charge in [-0.2, -0.15) is 5.10 Å². The van der Waals surface area contributed by atoms with Gasteiger partial charge in [-0.3, -0.25) is 5.43 Å². The first-order valence-electron chi connectivity index (χ1n) is 9.28. The van der Waals surface area contributed by atoms with Gasteiger partial charge in [0.25, 0.3) is 0 Å². The number of hydrazone groups is 1. The van der Waals surface area contributed by atoms with Crippen LogP contribution in [0.15, 0.2) is 46.3 Å². The maximum atomic E-state index is 5.46. The Morgan fingerprint density at radius 3 is 2.81 bits per heavy atom. The Bertz CT molecular complexity index is 983. The van der Waals surface area contributed by atoms with Gasteiger partial charge in [-0.05, 0) is 55.7 Å². The minimum absolute atomic E-state index is 0.152. The second-order valence-electron chi connectivity index (χ2n) is 6.99. The number of fused-ring (bicyclic) bond motifs is 1. The first-order valence-corrected chi connectivity index (χ1v) is 9.69. The predicted molar refractivity (Wildman–Crippen MR) is 112 cm³/mol. The smallest absolute Gasteiger partial charge is 0.184 e. The maximum absolute atomic E-state index is 5.46. The van der Waals surface area contributed by atoms with Crippen LogP contribution in [0, 0.1) is 0 Å². The number of furan rings is 1. The number of hydrogen-bond donors (Lipinski definition) is 2. The Hall–Kier alpha value is -2.67. The summed E-state index contributed by atoms with van der Waals surface area (Å²) in [5, 5.41) is 4.37. The zero-order valence-electron chi connectivity index (χ0n) is 15.3. The van der Waals surface area contributed by atoms with Crippen molar-refractivity contribution < 1.29 is 4.42 Å². The summed E-state index contributed by atoms with van der Waals surface area (Å²) in [4.78, 5) is 4.95. The summed E-state index contributed by atoms with van der Waals surface area (Å²) >= 11 is 4.81. The first kappa shape index (κ1) is 17.7. The van der Waals surface area contributed by atoms with Crippen molar-refractivity contribution in [1.29, 1.82) is 0 Å². The molecule has 27 heavy (non-hydrogen) atoms. The molecule has 0 amide bonds. The molecule has 140 valence electrons. The minimum Gasteiger partial charge on any atom is -0.472 e. The normalized spacial score (nSPS) is 16.0. The fourth-order valence-corrected chi connectivity index (χ4v) is 3.88. The molecule has 0 bridgehead atoms. The Balaban J connectivity index is 1.81. The van der Waals surface area contributed by atoms with Crippen molar-refractivity contribution in [2.24, 2.45) is 10.8 Å². The number of benzene rings is 1. The average Bonchev–Trinajstić information content (AvgIpc) is 3.33. The number of nitrogens with two attached hydrogens (primary N) is 1. The van der Waals surface area contributed by atoms with Gasteiger partial charge < -0.3 is 14.7 Å². The highest BCUT2D eigenvalue weighted by Crippen LogP contribution is 2.36. The van der Waals surface area contributed by atoms with E-state index in [4.69, 9.17) is 27.4 Å². The number of rotatable bonds is 4. The summed E-state index contributed by atoms with van der Waals surface area (Å²) in [5.41, 5.74) is 13.0. The van der Waals surface area contributed by atoms with Crippen LogP contribution < -0.4 is 11.2 Å². The topological polar surface area (TPSA) is 81.4 Å². The lowest BCUT2D eigenvalue weighted by Crippen LogP contribution is -2.25. The molecular formula is C20H23N5OS. The van der Waals surface area contributed by atoms with E-state index in [1.807, 2.05) is 13.0 Å². The number of hydrogen-bond acceptors (Lipinski definition) is 4. The molecule has 0 aliphatic heterocycles. The van der Waals surface area contributed by atoms with Crippen LogP contribution in [0.25, 0.3) is 22.4 Å². The fourth-order valence-electron chi connectivity index (χ4n) is 3.83. The summed E-state index contributed by atoms with van der Waals surface area (Å²) in [6, 6.07) is 8.72. The van der Waals surface area contributed by atoms with Crippen LogP contribution in [0.5, 0.6) is 0 Å². The van der Waals surface area contributed by atoms with Crippen LogP contribution >= 0.6 is 12.2 Å². The summed E-state index contributed by atoms with van der Waals surface area (Å²) in [5.74, 6) is 0.971. The first-order chi connectivity index (χ1) is 13.1. The van der Waals surface area contributed by atoms with Crippen molar-refractivity contribution in [3.8, 4) is 11.4 Å². The second kappa shape index (κ2) is 7.52. The molecule has 1 aromatic carbocycles. The summed E-state index contributed by atoms with van der Waals surface area (Å²) in [7, 11) is 0. The van der Waals surface area contributed by atoms with Crippen LogP contribution in [0.2, 0.25) is 0 Å². The second-order valence-corrected chi connectivity index (χ2v) is 7.43. The number of nitrogens with zero attached hydrogens (tertiary/aromatic N) is 3. The van der Waals surface area contributed by atoms with Crippen molar-refractivity contribution in [2.45, 2.75) is 45.1 Å². The molecule has 7 heteroatoms. The molecule has 1 aliphatic rings. The molecule has 3 N–H and O–H groups in total. The third kappa shape index (κ3) is 3.60. The van der Waals surface area contributed by atoms with E-state index < -0.39 is 0 Å². The summed E-state index contributed by atoms with van der Waals surface area (Å²) < 4.78 is 7.71.